The predicted molar refractivity (Wildman–Crippen MR) is 127 cm³/mol. The van der Waals surface area contributed by atoms with Crippen LogP contribution in [-0.2, 0) is 10.0 Å². The van der Waals surface area contributed by atoms with E-state index in [1.54, 1.807) is 42.6 Å². The van der Waals surface area contributed by atoms with Crippen molar-refractivity contribution in [3.63, 3.8) is 0 Å². The second kappa shape index (κ2) is 9.34. The number of aromatic nitrogens is 3. The summed E-state index contributed by atoms with van der Waals surface area (Å²) in [7, 11) is -3.68. The van der Waals surface area contributed by atoms with E-state index < -0.39 is 15.6 Å². The molecule has 4 heterocycles. The number of sulfonamides is 1. The Bertz CT molecular complexity index is 1340. The lowest BCUT2D eigenvalue weighted by molar-refractivity contribution is 0.139. The van der Waals surface area contributed by atoms with Crippen molar-refractivity contribution in [2.75, 3.05) is 44.2 Å². The van der Waals surface area contributed by atoms with Gasteiger partial charge in [0.2, 0.25) is 5.75 Å². The SMILES string of the molecule is O=c1c(OC2CNC2)c(N2CCN(S(=O)(=O)c3ccccn3)CC2)cnn1-c1cccc(Cl)c1. The third-order valence-electron chi connectivity index (χ3n) is 5.82. The van der Waals surface area contributed by atoms with E-state index in [1.807, 2.05) is 4.90 Å². The lowest BCUT2D eigenvalue weighted by Gasteiger charge is -2.36. The van der Waals surface area contributed by atoms with E-state index in [0.717, 1.165) is 0 Å². The summed E-state index contributed by atoms with van der Waals surface area (Å²) >= 11 is 6.10. The minimum Gasteiger partial charge on any atom is -0.480 e. The average Bonchev–Trinajstić information content (AvgIpc) is 2.82. The summed E-state index contributed by atoms with van der Waals surface area (Å²) < 4.78 is 34.6. The van der Waals surface area contributed by atoms with E-state index in [-0.39, 0.29) is 30.0 Å². The number of piperazine rings is 1. The molecule has 12 heteroatoms. The van der Waals surface area contributed by atoms with Gasteiger partial charge in [0.1, 0.15) is 11.8 Å². The Labute approximate surface area is 201 Å². The van der Waals surface area contributed by atoms with Crippen molar-refractivity contribution in [2.24, 2.45) is 0 Å². The number of halogens is 1. The number of nitrogens with one attached hydrogen (secondary N) is 1. The first-order chi connectivity index (χ1) is 16.4. The first-order valence-corrected chi connectivity index (χ1v) is 12.7. The maximum atomic E-state index is 13.4. The third kappa shape index (κ3) is 4.39. The van der Waals surface area contributed by atoms with Crippen LogP contribution in [0, 0.1) is 0 Å². The topological polar surface area (TPSA) is 110 Å². The van der Waals surface area contributed by atoms with E-state index in [2.05, 4.69) is 15.4 Å². The van der Waals surface area contributed by atoms with Gasteiger partial charge in [-0.25, -0.2) is 13.4 Å². The molecular weight excluding hydrogens is 480 g/mol. The summed E-state index contributed by atoms with van der Waals surface area (Å²) in [5, 5.41) is 8.01. The Morgan fingerprint density at radius 3 is 2.50 bits per heavy atom. The predicted octanol–water partition coefficient (Wildman–Crippen LogP) is 1.14. The number of ether oxygens (including phenoxy) is 1. The Hall–Kier alpha value is -2.99. The molecule has 10 nitrogen and oxygen atoms in total. The molecule has 2 fully saturated rings. The van der Waals surface area contributed by atoms with Crippen LogP contribution in [-0.4, -0.2) is 72.9 Å². The number of hydrogen-bond donors (Lipinski definition) is 1. The molecule has 2 aromatic heterocycles. The van der Waals surface area contributed by atoms with Crippen LogP contribution >= 0.6 is 11.6 Å². The highest BCUT2D eigenvalue weighted by atomic mass is 35.5. The highest BCUT2D eigenvalue weighted by Crippen LogP contribution is 2.28. The second-order valence-corrected chi connectivity index (χ2v) is 10.3. The van der Waals surface area contributed by atoms with Gasteiger partial charge in [0.25, 0.3) is 10.0 Å². The zero-order valence-electron chi connectivity index (χ0n) is 18.2. The van der Waals surface area contributed by atoms with Gasteiger partial charge in [-0.15, -0.1) is 0 Å². The highest BCUT2D eigenvalue weighted by molar-refractivity contribution is 7.89. The highest BCUT2D eigenvalue weighted by Gasteiger charge is 2.32. The first-order valence-electron chi connectivity index (χ1n) is 10.9. The first kappa shape index (κ1) is 22.8. The maximum absolute atomic E-state index is 13.4. The zero-order valence-corrected chi connectivity index (χ0v) is 19.7. The molecule has 0 atom stereocenters. The second-order valence-electron chi connectivity index (χ2n) is 8.01. The Morgan fingerprint density at radius 1 is 1.06 bits per heavy atom. The van der Waals surface area contributed by atoms with Crippen LogP contribution in [0.1, 0.15) is 0 Å². The smallest absolute Gasteiger partial charge is 0.316 e. The fraction of sp³-hybridized carbons (Fsp3) is 0.318. The van der Waals surface area contributed by atoms with Crippen LogP contribution in [0.2, 0.25) is 5.02 Å². The lowest BCUT2D eigenvalue weighted by atomic mass is 10.2. The van der Waals surface area contributed by atoms with Crippen molar-refractivity contribution in [1.82, 2.24) is 24.4 Å². The fourth-order valence-corrected chi connectivity index (χ4v) is 5.41. The van der Waals surface area contributed by atoms with Crippen LogP contribution in [0.5, 0.6) is 5.75 Å². The van der Waals surface area contributed by atoms with Crippen LogP contribution < -0.4 is 20.5 Å². The summed E-state index contributed by atoms with van der Waals surface area (Å²) in [4.78, 5) is 19.3. The normalized spacial score (nSPS) is 17.4. The molecule has 178 valence electrons. The van der Waals surface area contributed by atoms with Crippen LogP contribution in [0.3, 0.4) is 0 Å². The minimum absolute atomic E-state index is 0.0238. The summed E-state index contributed by atoms with van der Waals surface area (Å²) in [6.45, 7) is 2.56. The van der Waals surface area contributed by atoms with E-state index in [1.165, 1.54) is 21.3 Å². The maximum Gasteiger partial charge on any atom is 0.316 e. The molecule has 1 aromatic carbocycles. The molecule has 2 aliphatic rings. The Kier molecular flexibility index (Phi) is 6.26. The molecule has 1 N–H and O–H groups in total. The zero-order chi connectivity index (χ0) is 23.7. The number of nitrogens with zero attached hydrogens (tertiary/aromatic N) is 5. The number of rotatable bonds is 6. The number of benzene rings is 1. The molecule has 0 saturated carbocycles. The van der Waals surface area contributed by atoms with Gasteiger partial charge in [-0.1, -0.05) is 23.7 Å². The fourth-order valence-electron chi connectivity index (χ4n) is 3.87. The van der Waals surface area contributed by atoms with Gasteiger partial charge in [0.05, 0.1) is 11.9 Å². The van der Waals surface area contributed by atoms with Crippen LogP contribution in [0.25, 0.3) is 5.69 Å². The molecule has 5 rings (SSSR count). The van der Waals surface area contributed by atoms with E-state index in [0.29, 0.717) is 42.6 Å². The molecule has 34 heavy (non-hydrogen) atoms. The van der Waals surface area contributed by atoms with Gasteiger partial charge in [0, 0.05) is 50.5 Å². The molecule has 0 spiro atoms. The van der Waals surface area contributed by atoms with Crippen LogP contribution in [0.4, 0.5) is 5.69 Å². The molecule has 0 aliphatic carbocycles. The van der Waals surface area contributed by atoms with Crippen molar-refractivity contribution in [2.45, 2.75) is 11.1 Å². The standard InChI is InChI=1S/C22H23ClN6O4S/c23-16-4-3-5-17(12-16)29-22(30)21(33-18-13-24-14-18)19(15-26-29)27-8-10-28(11-9-27)34(31,32)20-6-1-2-7-25-20/h1-7,12,15,18,24H,8-11,13-14H2. The van der Waals surface area contributed by atoms with Crippen molar-refractivity contribution < 1.29 is 13.2 Å². The van der Waals surface area contributed by atoms with E-state index in [4.69, 9.17) is 16.3 Å². The number of pyridine rings is 1. The number of hydrogen-bond acceptors (Lipinski definition) is 8. The molecule has 2 aliphatic heterocycles. The quantitative estimate of drug-likeness (QED) is 0.534. The van der Waals surface area contributed by atoms with Gasteiger partial charge < -0.3 is 15.0 Å². The van der Waals surface area contributed by atoms with Gasteiger partial charge in [0.15, 0.2) is 5.03 Å². The largest absolute Gasteiger partial charge is 0.480 e. The van der Waals surface area contributed by atoms with Gasteiger partial charge in [-0.2, -0.15) is 14.1 Å². The molecule has 2 saturated heterocycles. The molecule has 0 bridgehead atoms. The minimum atomic E-state index is -3.68. The van der Waals surface area contributed by atoms with Crippen molar-refractivity contribution in [3.05, 3.63) is 70.2 Å². The van der Waals surface area contributed by atoms with Gasteiger partial charge in [-0.05, 0) is 30.3 Å². The van der Waals surface area contributed by atoms with E-state index in [9.17, 15) is 13.2 Å². The summed E-state index contributed by atoms with van der Waals surface area (Å²) in [5.41, 5.74) is 0.687. The van der Waals surface area contributed by atoms with E-state index >= 15 is 0 Å². The monoisotopic (exact) mass is 502 g/mol. The number of anilines is 1. The van der Waals surface area contributed by atoms with Crippen molar-refractivity contribution in [1.29, 1.82) is 0 Å². The molecule has 0 unspecified atom stereocenters. The molecule has 0 radical (unpaired) electrons. The summed E-state index contributed by atoms with van der Waals surface area (Å²) in [6.07, 6.45) is 2.93. The van der Waals surface area contributed by atoms with Crippen LogP contribution in [0.15, 0.2) is 64.7 Å². The van der Waals surface area contributed by atoms with Gasteiger partial charge in [-0.3, -0.25) is 4.79 Å². The summed E-state index contributed by atoms with van der Waals surface area (Å²) in [5.74, 6) is 0.197. The molecular formula is C22H23ClN6O4S. The molecule has 3 aromatic rings. The summed E-state index contributed by atoms with van der Waals surface area (Å²) in [6, 6.07) is 11.7. The van der Waals surface area contributed by atoms with Crippen molar-refractivity contribution >= 4 is 27.3 Å². The Morgan fingerprint density at radius 2 is 1.85 bits per heavy atom. The lowest BCUT2D eigenvalue weighted by Crippen LogP contribution is -2.52. The van der Waals surface area contributed by atoms with Crippen molar-refractivity contribution in [3.8, 4) is 11.4 Å². The van der Waals surface area contributed by atoms with Gasteiger partial charge >= 0.3 is 5.56 Å². The molecule has 0 amide bonds. The Balaban J connectivity index is 1.42. The average molecular weight is 503 g/mol. The third-order valence-corrected chi connectivity index (χ3v) is 7.87.